The monoisotopic (exact) mass is 430 g/mol. The van der Waals surface area contributed by atoms with E-state index < -0.39 is 38.3 Å². The molecule has 0 aliphatic carbocycles. The predicted molar refractivity (Wildman–Crippen MR) is 106 cm³/mol. The molecule has 0 aliphatic rings. The first-order valence-electron chi connectivity index (χ1n) is 8.85. The van der Waals surface area contributed by atoms with Gasteiger partial charge >= 0.3 is 23.9 Å². The Hall–Kier alpha value is -2.46. The summed E-state index contributed by atoms with van der Waals surface area (Å²) in [5.74, 6) is -3.05. The molecule has 0 aromatic carbocycles. The summed E-state index contributed by atoms with van der Waals surface area (Å²) in [6, 6.07) is 0. The molecule has 0 amide bonds. The molecule has 9 nitrogen and oxygen atoms in total. The van der Waals surface area contributed by atoms with Crippen LogP contribution in [0.3, 0.4) is 0 Å². The Morgan fingerprint density at radius 1 is 0.793 bits per heavy atom. The van der Waals surface area contributed by atoms with Gasteiger partial charge in [-0.3, -0.25) is 0 Å². The summed E-state index contributed by atoms with van der Waals surface area (Å²) in [5.41, 5.74) is 0. The van der Waals surface area contributed by atoms with E-state index in [1.54, 1.807) is 0 Å². The fourth-order valence-corrected chi connectivity index (χ4v) is 2.50. The van der Waals surface area contributed by atoms with Gasteiger partial charge in [0.05, 0.1) is 20.8 Å². The number of ether oxygens (including phenoxy) is 4. The summed E-state index contributed by atoms with van der Waals surface area (Å²) in [5, 5.41) is -0.0771. The molecule has 0 saturated carbocycles. The van der Waals surface area contributed by atoms with Crippen molar-refractivity contribution in [2.75, 3.05) is 27.4 Å². The molecule has 29 heavy (non-hydrogen) atoms. The van der Waals surface area contributed by atoms with Gasteiger partial charge in [0.2, 0.25) is 0 Å². The molecule has 0 bridgehead atoms. The summed E-state index contributed by atoms with van der Waals surface area (Å²) in [6.45, 7) is 9.91. The van der Waals surface area contributed by atoms with Gasteiger partial charge in [0.1, 0.15) is 6.61 Å². The minimum atomic E-state index is -2.15. The Morgan fingerprint density at radius 2 is 1.24 bits per heavy atom. The third-order valence-electron chi connectivity index (χ3n) is 4.24. The Bertz CT molecular complexity index is 645. The van der Waals surface area contributed by atoms with E-state index in [1.165, 1.54) is 14.2 Å². The Morgan fingerprint density at radius 3 is 1.69 bits per heavy atom. The molecular weight excluding hydrogens is 400 g/mol. The molecule has 0 saturated heterocycles. The lowest BCUT2D eigenvalue weighted by atomic mass is 10.2. The van der Waals surface area contributed by atoms with Crippen LogP contribution in [0.4, 0.5) is 0 Å². The average Bonchev–Trinajstić information content (AvgIpc) is 2.65. The second-order valence-corrected chi connectivity index (χ2v) is 12.3. The fourth-order valence-electron chi connectivity index (χ4n) is 1.47. The zero-order chi connectivity index (χ0) is 22.7. The number of hydrogen-bond acceptors (Lipinski definition) is 9. The summed E-state index contributed by atoms with van der Waals surface area (Å²) in [7, 11) is 0.199. The highest BCUT2D eigenvalue weighted by atomic mass is 28.4. The number of carbonyl (C=O) groups is 4. The first-order valence-corrected chi connectivity index (χ1v) is 11.8. The van der Waals surface area contributed by atoms with Crippen molar-refractivity contribution in [2.24, 2.45) is 0 Å². The molecule has 0 spiro atoms. The third-order valence-corrected chi connectivity index (χ3v) is 8.74. The third kappa shape index (κ3) is 11.2. The molecule has 0 rings (SSSR count). The number of rotatable bonds is 10. The minimum absolute atomic E-state index is 0.00227. The van der Waals surface area contributed by atoms with E-state index in [0.29, 0.717) is 0 Å². The van der Waals surface area contributed by atoms with Gasteiger partial charge < -0.3 is 23.4 Å². The first kappa shape index (κ1) is 26.5. The van der Waals surface area contributed by atoms with E-state index >= 15 is 0 Å². The van der Waals surface area contributed by atoms with Crippen LogP contribution in [0.5, 0.6) is 0 Å². The molecule has 0 unspecified atom stereocenters. The second kappa shape index (κ2) is 12.2. The van der Waals surface area contributed by atoms with E-state index in [9.17, 15) is 19.2 Å². The van der Waals surface area contributed by atoms with Gasteiger partial charge in [0.15, 0.2) is 14.4 Å². The van der Waals surface area contributed by atoms with Crippen molar-refractivity contribution in [3.63, 3.8) is 0 Å². The minimum Gasteiger partial charge on any atom is -0.466 e. The van der Waals surface area contributed by atoms with E-state index in [0.717, 1.165) is 24.3 Å². The number of carbonyl (C=O) groups excluding carboxylic acids is 4. The van der Waals surface area contributed by atoms with Crippen LogP contribution in [0, 0.1) is 0 Å². The standard InChI is InChI=1S/C19H30O9Si/c1-19(2,3)29(6,7)27-13-14(28-18(23)11-9-16(21)25-5)12-26-17(22)10-8-15(20)24-4/h8-11,14H,12-13H2,1-7H3/b10-8+,11-9+/t14-/m1/s1. The van der Waals surface area contributed by atoms with Crippen molar-refractivity contribution in [1.29, 1.82) is 0 Å². The maximum Gasteiger partial charge on any atom is 0.331 e. The quantitative estimate of drug-likeness (QED) is 0.222. The summed E-state index contributed by atoms with van der Waals surface area (Å²) in [6.07, 6.45) is 2.73. The van der Waals surface area contributed by atoms with Gasteiger partial charge in [-0.05, 0) is 18.1 Å². The SMILES string of the molecule is COC(=O)/C=C/C(=O)OC[C@H](CO[Si](C)(C)C(C)(C)C)OC(=O)/C=C/C(=O)OC. The second-order valence-electron chi connectivity index (χ2n) is 7.47. The smallest absolute Gasteiger partial charge is 0.331 e. The van der Waals surface area contributed by atoms with Crippen LogP contribution < -0.4 is 0 Å². The van der Waals surface area contributed by atoms with Crippen molar-refractivity contribution in [3.05, 3.63) is 24.3 Å². The highest BCUT2D eigenvalue weighted by Crippen LogP contribution is 2.36. The van der Waals surface area contributed by atoms with Gasteiger partial charge in [-0.15, -0.1) is 0 Å². The zero-order valence-electron chi connectivity index (χ0n) is 18.0. The predicted octanol–water partition coefficient (Wildman–Crippen LogP) is 1.92. The lowest BCUT2D eigenvalue weighted by Crippen LogP contribution is -2.44. The topological polar surface area (TPSA) is 114 Å². The largest absolute Gasteiger partial charge is 0.466 e. The van der Waals surface area contributed by atoms with Gasteiger partial charge in [0, 0.05) is 24.3 Å². The molecule has 0 aliphatic heterocycles. The molecule has 10 heteroatoms. The van der Waals surface area contributed by atoms with Gasteiger partial charge in [-0.1, -0.05) is 20.8 Å². The van der Waals surface area contributed by atoms with Crippen LogP contribution >= 0.6 is 0 Å². The number of methoxy groups -OCH3 is 2. The van der Waals surface area contributed by atoms with Gasteiger partial charge in [-0.25, -0.2) is 19.2 Å². The lowest BCUT2D eigenvalue weighted by Gasteiger charge is -2.37. The Kier molecular flexibility index (Phi) is 11.1. The lowest BCUT2D eigenvalue weighted by molar-refractivity contribution is -0.154. The van der Waals surface area contributed by atoms with E-state index in [-0.39, 0.29) is 18.3 Å². The van der Waals surface area contributed by atoms with Gasteiger partial charge in [-0.2, -0.15) is 0 Å². The molecule has 0 aromatic heterocycles. The van der Waals surface area contributed by atoms with Crippen molar-refractivity contribution < 1.29 is 42.6 Å². The van der Waals surface area contributed by atoms with E-state index in [1.807, 2.05) is 13.1 Å². The maximum atomic E-state index is 11.9. The summed E-state index contributed by atoms with van der Waals surface area (Å²) < 4.78 is 25.0. The highest BCUT2D eigenvalue weighted by Gasteiger charge is 2.38. The van der Waals surface area contributed by atoms with E-state index in [4.69, 9.17) is 13.9 Å². The molecule has 0 heterocycles. The molecular formula is C19H30O9Si. The van der Waals surface area contributed by atoms with Crippen molar-refractivity contribution in [2.45, 2.75) is 45.0 Å². The molecule has 164 valence electrons. The number of hydrogen-bond donors (Lipinski definition) is 0. The van der Waals surface area contributed by atoms with E-state index in [2.05, 4.69) is 30.2 Å². The van der Waals surface area contributed by atoms with Crippen LogP contribution in [0.1, 0.15) is 20.8 Å². The summed E-state index contributed by atoms with van der Waals surface area (Å²) >= 11 is 0. The zero-order valence-corrected chi connectivity index (χ0v) is 19.0. The molecule has 0 fully saturated rings. The van der Waals surface area contributed by atoms with Gasteiger partial charge in [0.25, 0.3) is 0 Å². The van der Waals surface area contributed by atoms with Crippen molar-refractivity contribution >= 4 is 32.2 Å². The molecule has 0 aromatic rings. The molecule has 0 radical (unpaired) electrons. The van der Waals surface area contributed by atoms with Crippen LogP contribution in [-0.2, 0) is 42.6 Å². The van der Waals surface area contributed by atoms with Crippen LogP contribution in [0.2, 0.25) is 18.1 Å². The number of esters is 4. The first-order chi connectivity index (χ1) is 13.3. The normalized spacial score (nSPS) is 13.2. The van der Waals surface area contributed by atoms with Crippen LogP contribution in [0.15, 0.2) is 24.3 Å². The fraction of sp³-hybridized carbons (Fsp3) is 0.579. The Labute approximate surface area is 172 Å². The molecule has 0 N–H and O–H groups in total. The maximum absolute atomic E-state index is 11.9. The summed E-state index contributed by atoms with van der Waals surface area (Å²) in [4.78, 5) is 45.7. The van der Waals surface area contributed by atoms with Crippen LogP contribution in [0.25, 0.3) is 0 Å². The van der Waals surface area contributed by atoms with Crippen molar-refractivity contribution in [3.8, 4) is 0 Å². The Balaban J connectivity index is 5.04. The highest BCUT2D eigenvalue weighted by molar-refractivity contribution is 6.74. The van der Waals surface area contributed by atoms with Crippen LogP contribution in [-0.4, -0.2) is 65.7 Å². The van der Waals surface area contributed by atoms with Crippen molar-refractivity contribution in [1.82, 2.24) is 0 Å². The molecule has 1 atom stereocenters. The average molecular weight is 431 g/mol.